The Morgan fingerprint density at radius 2 is 1.68 bits per heavy atom. The van der Waals surface area contributed by atoms with Gasteiger partial charge in [-0.05, 0) is 48.2 Å². The van der Waals surface area contributed by atoms with Crippen LogP contribution in [0.2, 0.25) is 5.02 Å². The summed E-state index contributed by atoms with van der Waals surface area (Å²) in [5.74, 6) is 0.761. The van der Waals surface area contributed by atoms with Gasteiger partial charge in [0, 0.05) is 36.9 Å². The van der Waals surface area contributed by atoms with Gasteiger partial charge < -0.3 is 14.5 Å². The lowest BCUT2D eigenvalue weighted by Crippen LogP contribution is -2.52. The number of carbonyl (C=O) groups excluding carboxylic acids is 1. The minimum absolute atomic E-state index is 0.0330. The molecule has 1 aliphatic heterocycles. The van der Waals surface area contributed by atoms with Gasteiger partial charge in [-0.3, -0.25) is 4.79 Å². The number of halogens is 1. The number of benzene rings is 2. The zero-order valence-corrected chi connectivity index (χ0v) is 17.9. The fourth-order valence-corrected chi connectivity index (χ4v) is 3.59. The van der Waals surface area contributed by atoms with Crippen LogP contribution in [-0.4, -0.2) is 43.1 Å². The Balaban J connectivity index is 1.54. The van der Waals surface area contributed by atoms with Gasteiger partial charge in [-0.2, -0.15) is 0 Å². The Bertz CT molecular complexity index is 806. The summed E-state index contributed by atoms with van der Waals surface area (Å²) >= 11 is 6.09. The van der Waals surface area contributed by atoms with Gasteiger partial charge in [-0.1, -0.05) is 50.6 Å². The highest BCUT2D eigenvalue weighted by Gasteiger charge is 2.26. The van der Waals surface area contributed by atoms with Crippen molar-refractivity contribution in [3.05, 3.63) is 59.1 Å². The summed E-state index contributed by atoms with van der Waals surface area (Å²) in [6.45, 7) is 11.3. The van der Waals surface area contributed by atoms with Crippen molar-refractivity contribution in [2.75, 3.05) is 31.1 Å². The zero-order chi connectivity index (χ0) is 20.3. The Morgan fingerprint density at radius 3 is 2.25 bits per heavy atom. The molecule has 150 valence electrons. The van der Waals surface area contributed by atoms with Gasteiger partial charge in [0.2, 0.25) is 0 Å². The summed E-state index contributed by atoms with van der Waals surface area (Å²) in [6.07, 6.45) is -0.502. The molecule has 3 rings (SSSR count). The first kappa shape index (κ1) is 20.5. The number of hydrogen-bond donors (Lipinski definition) is 0. The summed E-state index contributed by atoms with van der Waals surface area (Å²) in [5.41, 5.74) is 2.45. The molecule has 0 aromatic heterocycles. The van der Waals surface area contributed by atoms with Crippen molar-refractivity contribution in [3.63, 3.8) is 0 Å². The zero-order valence-electron chi connectivity index (χ0n) is 17.1. The number of anilines is 1. The lowest BCUT2D eigenvalue weighted by molar-refractivity contribution is -0.138. The third-order valence-corrected chi connectivity index (χ3v) is 5.38. The molecule has 4 nitrogen and oxygen atoms in total. The molecule has 0 bridgehead atoms. The molecule has 5 heteroatoms. The van der Waals surface area contributed by atoms with Crippen molar-refractivity contribution in [1.82, 2.24) is 4.90 Å². The first-order chi connectivity index (χ1) is 13.2. The number of carbonyl (C=O) groups is 1. The third kappa shape index (κ3) is 4.99. The molecule has 0 unspecified atom stereocenters. The molecule has 2 aromatic rings. The Kier molecular flexibility index (Phi) is 6.19. The maximum atomic E-state index is 12.8. The van der Waals surface area contributed by atoms with E-state index >= 15 is 0 Å². The van der Waals surface area contributed by atoms with E-state index in [1.54, 1.807) is 0 Å². The van der Waals surface area contributed by atoms with E-state index in [9.17, 15) is 4.79 Å². The second-order valence-electron chi connectivity index (χ2n) is 8.33. The molecule has 1 amide bonds. The average molecular weight is 401 g/mol. The number of piperazine rings is 1. The van der Waals surface area contributed by atoms with Crippen LogP contribution in [0.4, 0.5) is 5.69 Å². The number of amides is 1. The number of nitrogens with zero attached hydrogens (tertiary/aromatic N) is 2. The van der Waals surface area contributed by atoms with Crippen molar-refractivity contribution in [2.45, 2.75) is 39.2 Å². The van der Waals surface area contributed by atoms with Gasteiger partial charge in [0.05, 0.1) is 0 Å². The fourth-order valence-electron chi connectivity index (χ4n) is 3.40. The second-order valence-corrected chi connectivity index (χ2v) is 8.76. The van der Waals surface area contributed by atoms with Crippen LogP contribution in [-0.2, 0) is 10.2 Å². The molecule has 1 atom stereocenters. The maximum absolute atomic E-state index is 12.8. The molecule has 0 N–H and O–H groups in total. The van der Waals surface area contributed by atoms with E-state index in [0.717, 1.165) is 29.5 Å². The minimum Gasteiger partial charge on any atom is -0.481 e. The van der Waals surface area contributed by atoms with Crippen molar-refractivity contribution in [3.8, 4) is 5.75 Å². The Morgan fingerprint density at radius 1 is 1.04 bits per heavy atom. The average Bonchev–Trinajstić information content (AvgIpc) is 2.67. The summed E-state index contributed by atoms with van der Waals surface area (Å²) in [7, 11) is 0. The minimum atomic E-state index is -0.502. The van der Waals surface area contributed by atoms with Gasteiger partial charge in [0.1, 0.15) is 5.75 Å². The lowest BCUT2D eigenvalue weighted by atomic mass is 9.87. The van der Waals surface area contributed by atoms with Crippen LogP contribution in [0.3, 0.4) is 0 Å². The quantitative estimate of drug-likeness (QED) is 0.742. The second kappa shape index (κ2) is 8.44. The summed E-state index contributed by atoms with van der Waals surface area (Å²) in [4.78, 5) is 16.9. The van der Waals surface area contributed by atoms with Gasteiger partial charge in [0.15, 0.2) is 6.10 Å². The summed E-state index contributed by atoms with van der Waals surface area (Å²) < 4.78 is 5.90. The van der Waals surface area contributed by atoms with Crippen molar-refractivity contribution in [1.29, 1.82) is 0 Å². The Labute approximate surface area is 173 Å². The largest absolute Gasteiger partial charge is 0.481 e. The molecular formula is C23H29ClN2O2. The molecule has 1 heterocycles. The smallest absolute Gasteiger partial charge is 0.263 e. The van der Waals surface area contributed by atoms with Crippen LogP contribution in [0.25, 0.3) is 0 Å². The van der Waals surface area contributed by atoms with Crippen molar-refractivity contribution >= 4 is 23.2 Å². The van der Waals surface area contributed by atoms with E-state index in [4.69, 9.17) is 16.3 Å². The monoisotopic (exact) mass is 400 g/mol. The number of rotatable bonds is 4. The number of hydrogen-bond acceptors (Lipinski definition) is 3. The predicted octanol–water partition coefficient (Wildman–Crippen LogP) is 4.75. The van der Waals surface area contributed by atoms with E-state index in [1.807, 2.05) is 42.2 Å². The van der Waals surface area contributed by atoms with E-state index in [2.05, 4.69) is 43.9 Å². The predicted molar refractivity (Wildman–Crippen MR) is 115 cm³/mol. The van der Waals surface area contributed by atoms with Crippen LogP contribution in [0.5, 0.6) is 5.75 Å². The first-order valence-corrected chi connectivity index (χ1v) is 10.2. The van der Waals surface area contributed by atoms with E-state index in [1.165, 1.54) is 5.56 Å². The fraction of sp³-hybridized carbons (Fsp3) is 0.435. The van der Waals surface area contributed by atoms with Crippen molar-refractivity contribution in [2.24, 2.45) is 0 Å². The third-order valence-electron chi connectivity index (χ3n) is 5.15. The highest BCUT2D eigenvalue weighted by molar-refractivity contribution is 6.30. The van der Waals surface area contributed by atoms with Crippen LogP contribution in [0, 0.1) is 0 Å². The normalized spacial score (nSPS) is 16.0. The van der Waals surface area contributed by atoms with Gasteiger partial charge in [-0.25, -0.2) is 0 Å². The van der Waals surface area contributed by atoms with E-state index in [-0.39, 0.29) is 11.3 Å². The van der Waals surface area contributed by atoms with Gasteiger partial charge in [0.25, 0.3) is 5.91 Å². The number of ether oxygens (including phenoxy) is 1. The summed E-state index contributed by atoms with van der Waals surface area (Å²) in [5, 5.41) is 0.732. The maximum Gasteiger partial charge on any atom is 0.263 e. The molecular weight excluding hydrogens is 372 g/mol. The van der Waals surface area contributed by atoms with Gasteiger partial charge in [-0.15, -0.1) is 0 Å². The summed E-state index contributed by atoms with van der Waals surface area (Å²) in [6, 6.07) is 15.9. The molecule has 2 aromatic carbocycles. The highest BCUT2D eigenvalue weighted by Crippen LogP contribution is 2.25. The SMILES string of the molecule is C[C@@H](Oc1ccc(C(C)(C)C)cc1)C(=O)N1CCN(c2cccc(Cl)c2)CC1. The topological polar surface area (TPSA) is 32.8 Å². The van der Waals surface area contributed by atoms with Crippen LogP contribution in [0.1, 0.15) is 33.3 Å². The standard InChI is InChI=1S/C23H29ClN2O2/c1-17(28-21-10-8-18(9-11-21)23(2,3)4)22(27)26-14-12-25(13-15-26)20-7-5-6-19(24)16-20/h5-11,16-17H,12-15H2,1-4H3/t17-/m1/s1. The van der Waals surface area contributed by atoms with Crippen LogP contribution in [0.15, 0.2) is 48.5 Å². The molecule has 1 fully saturated rings. The van der Waals surface area contributed by atoms with E-state index in [0.29, 0.717) is 13.1 Å². The molecule has 0 spiro atoms. The molecule has 28 heavy (non-hydrogen) atoms. The Hall–Kier alpha value is -2.20. The van der Waals surface area contributed by atoms with Crippen LogP contribution >= 0.6 is 11.6 Å². The molecule has 1 saturated heterocycles. The van der Waals surface area contributed by atoms with Gasteiger partial charge >= 0.3 is 0 Å². The first-order valence-electron chi connectivity index (χ1n) is 9.80. The molecule has 0 aliphatic carbocycles. The lowest BCUT2D eigenvalue weighted by Gasteiger charge is -2.37. The molecule has 0 saturated carbocycles. The van der Waals surface area contributed by atoms with Crippen molar-refractivity contribution < 1.29 is 9.53 Å². The van der Waals surface area contributed by atoms with Crippen LogP contribution < -0.4 is 9.64 Å². The van der Waals surface area contributed by atoms with E-state index < -0.39 is 6.10 Å². The molecule has 1 aliphatic rings. The highest BCUT2D eigenvalue weighted by atomic mass is 35.5. The molecule has 0 radical (unpaired) electrons.